The largest absolute Gasteiger partial charge is 0.507 e. The van der Waals surface area contributed by atoms with Gasteiger partial charge in [0.25, 0.3) is 0 Å². The number of carbonyl (C=O) groups excluding carboxylic acids is 4. The van der Waals surface area contributed by atoms with E-state index in [0.29, 0.717) is 51.9 Å². The van der Waals surface area contributed by atoms with Crippen molar-refractivity contribution in [1.29, 1.82) is 0 Å². The summed E-state index contributed by atoms with van der Waals surface area (Å²) in [7, 11) is 6.41. The van der Waals surface area contributed by atoms with Gasteiger partial charge < -0.3 is 24.1 Å². The Morgan fingerprint density at radius 2 is 1.14 bits per heavy atom. The molecule has 2 aliphatic carbocycles. The van der Waals surface area contributed by atoms with E-state index in [1.807, 2.05) is 103 Å². The monoisotopic (exact) mass is 882 g/mol. The van der Waals surface area contributed by atoms with Crippen molar-refractivity contribution in [2.75, 3.05) is 38.2 Å². The van der Waals surface area contributed by atoms with Crippen molar-refractivity contribution in [1.82, 2.24) is 0 Å². The number of nitrogens with zero attached hydrogens (tertiary/aromatic N) is 2. The summed E-state index contributed by atoms with van der Waals surface area (Å²) in [6.07, 6.45) is 12.2. The molecule has 0 radical (unpaired) electrons. The van der Waals surface area contributed by atoms with Gasteiger partial charge in [-0.15, -0.1) is 6.58 Å². The number of phenols is 1. The quantitative estimate of drug-likeness (QED) is 0.0698. The first kappa shape index (κ1) is 43.6. The minimum Gasteiger partial charge on any atom is -0.507 e. The van der Waals surface area contributed by atoms with Crippen LogP contribution in [-0.4, -0.2) is 57.2 Å². The number of hydrogen-bond donors (Lipinski definition) is 1. The zero-order chi connectivity index (χ0) is 46.2. The van der Waals surface area contributed by atoms with Gasteiger partial charge in [0, 0.05) is 22.6 Å². The maximum atomic E-state index is 14.8. The molecule has 0 bridgehead atoms. The normalized spacial score (nSPS) is 22.3. The van der Waals surface area contributed by atoms with Crippen LogP contribution in [0.1, 0.15) is 52.1 Å². The molecule has 2 aliphatic heterocycles. The Labute approximate surface area is 383 Å². The SMILES string of the molecule is C=CCc1cccc(C2C3=CCC4C(=O)N(c5ccc(C=Cc6cc(OC)ccc6OC)cc5)C(=O)C4C3CC3C(=O)N(c4ccc(C=Cc5cc(OC)ccc5OC)cc4)C(=O)C32)c1O. The van der Waals surface area contributed by atoms with Crippen LogP contribution in [0.5, 0.6) is 28.7 Å². The molecule has 5 aromatic carbocycles. The van der Waals surface area contributed by atoms with Gasteiger partial charge >= 0.3 is 0 Å². The third-order valence-electron chi connectivity index (χ3n) is 13.6. The van der Waals surface area contributed by atoms with Crippen LogP contribution < -0.4 is 28.7 Å². The van der Waals surface area contributed by atoms with Gasteiger partial charge in [0.1, 0.15) is 28.7 Å². The average Bonchev–Trinajstić information content (AvgIpc) is 3.75. The third-order valence-corrected chi connectivity index (χ3v) is 13.6. The Morgan fingerprint density at radius 3 is 1.65 bits per heavy atom. The lowest BCUT2D eigenvalue weighted by molar-refractivity contribution is -0.126. The van der Waals surface area contributed by atoms with E-state index in [-0.39, 0.29) is 42.2 Å². The minimum atomic E-state index is -0.845. The van der Waals surface area contributed by atoms with Crippen LogP contribution in [0.15, 0.2) is 127 Å². The number of methoxy groups -OCH3 is 4. The van der Waals surface area contributed by atoms with Gasteiger partial charge in [0.15, 0.2) is 0 Å². The molecule has 3 fully saturated rings. The Kier molecular flexibility index (Phi) is 11.9. The fraction of sp³-hybridized carbons (Fsp3) is 0.236. The van der Waals surface area contributed by atoms with Crippen molar-refractivity contribution in [3.05, 3.63) is 161 Å². The summed E-state index contributed by atoms with van der Waals surface area (Å²) in [5, 5.41) is 11.8. The zero-order valence-corrected chi connectivity index (χ0v) is 37.2. The van der Waals surface area contributed by atoms with Crippen molar-refractivity contribution in [3.63, 3.8) is 0 Å². The van der Waals surface area contributed by atoms with E-state index in [0.717, 1.165) is 27.8 Å². The summed E-state index contributed by atoms with van der Waals surface area (Å²) in [4.78, 5) is 61.2. The molecule has 2 saturated heterocycles. The number of allylic oxidation sites excluding steroid dienone is 3. The van der Waals surface area contributed by atoms with E-state index in [4.69, 9.17) is 18.9 Å². The molecule has 0 aromatic heterocycles. The van der Waals surface area contributed by atoms with Gasteiger partial charge in [-0.1, -0.05) is 84.5 Å². The highest BCUT2D eigenvalue weighted by atomic mass is 16.5. The van der Waals surface area contributed by atoms with E-state index in [9.17, 15) is 24.3 Å². The number of para-hydroxylation sites is 1. The molecular formula is C55H50N2O9. The molecule has 1 saturated carbocycles. The lowest BCUT2D eigenvalue weighted by Gasteiger charge is -2.44. The second-order valence-corrected chi connectivity index (χ2v) is 17.0. The van der Waals surface area contributed by atoms with Gasteiger partial charge in [-0.05, 0) is 103 Å². The van der Waals surface area contributed by atoms with Crippen LogP contribution >= 0.6 is 0 Å². The molecule has 334 valence electrons. The number of carbonyl (C=O) groups is 4. The highest BCUT2D eigenvalue weighted by molar-refractivity contribution is 6.24. The lowest BCUT2D eigenvalue weighted by atomic mass is 9.57. The van der Waals surface area contributed by atoms with Crippen LogP contribution in [0.3, 0.4) is 0 Å². The van der Waals surface area contributed by atoms with E-state index in [1.165, 1.54) is 9.80 Å². The van der Waals surface area contributed by atoms with Crippen molar-refractivity contribution in [2.24, 2.45) is 29.6 Å². The van der Waals surface area contributed by atoms with Crippen LogP contribution in [0.25, 0.3) is 24.3 Å². The molecule has 0 spiro atoms. The van der Waals surface area contributed by atoms with E-state index in [1.54, 1.807) is 64.8 Å². The molecule has 66 heavy (non-hydrogen) atoms. The Hall–Kier alpha value is -7.66. The van der Waals surface area contributed by atoms with E-state index < -0.39 is 35.5 Å². The van der Waals surface area contributed by atoms with Crippen molar-refractivity contribution >= 4 is 59.3 Å². The summed E-state index contributed by atoms with van der Waals surface area (Å²) in [6.45, 7) is 3.86. The molecule has 4 aliphatic rings. The molecule has 11 heteroatoms. The summed E-state index contributed by atoms with van der Waals surface area (Å²) >= 11 is 0. The fourth-order valence-electron chi connectivity index (χ4n) is 10.4. The number of rotatable bonds is 13. The minimum absolute atomic E-state index is 0.0294. The molecule has 6 atom stereocenters. The Morgan fingerprint density at radius 1 is 0.606 bits per heavy atom. The number of phenolic OH excluding ortho intramolecular Hbond substituents is 1. The number of anilines is 2. The predicted molar refractivity (Wildman–Crippen MR) is 254 cm³/mol. The van der Waals surface area contributed by atoms with E-state index in [2.05, 4.69) is 6.58 Å². The maximum Gasteiger partial charge on any atom is 0.238 e. The van der Waals surface area contributed by atoms with Gasteiger partial charge in [-0.2, -0.15) is 0 Å². The summed E-state index contributed by atoms with van der Waals surface area (Å²) in [5.41, 5.74) is 6.15. The number of amides is 4. The second kappa shape index (κ2) is 18.1. The Bertz CT molecular complexity index is 2840. The number of ether oxygens (including phenoxy) is 4. The lowest BCUT2D eigenvalue weighted by Crippen LogP contribution is -2.43. The topological polar surface area (TPSA) is 132 Å². The van der Waals surface area contributed by atoms with Crippen LogP contribution in [0, 0.1) is 29.6 Å². The van der Waals surface area contributed by atoms with Crippen molar-refractivity contribution in [3.8, 4) is 28.7 Å². The summed E-state index contributed by atoms with van der Waals surface area (Å²) in [5.74, 6) is -2.91. The first-order valence-corrected chi connectivity index (χ1v) is 22.0. The smallest absolute Gasteiger partial charge is 0.238 e. The van der Waals surface area contributed by atoms with Crippen LogP contribution in [0.4, 0.5) is 11.4 Å². The van der Waals surface area contributed by atoms with Crippen LogP contribution in [0.2, 0.25) is 0 Å². The third kappa shape index (κ3) is 7.63. The summed E-state index contributed by atoms with van der Waals surface area (Å²) < 4.78 is 21.8. The van der Waals surface area contributed by atoms with Gasteiger partial charge in [0.05, 0.1) is 63.5 Å². The molecule has 6 unspecified atom stereocenters. The number of aromatic hydroxyl groups is 1. The average molecular weight is 883 g/mol. The Balaban J connectivity index is 1.02. The van der Waals surface area contributed by atoms with Crippen molar-refractivity contribution < 1.29 is 43.2 Å². The molecule has 1 N–H and O–H groups in total. The molecule has 4 amide bonds. The molecular weight excluding hydrogens is 833 g/mol. The number of benzene rings is 5. The number of imide groups is 2. The second-order valence-electron chi connectivity index (χ2n) is 17.0. The van der Waals surface area contributed by atoms with E-state index >= 15 is 0 Å². The van der Waals surface area contributed by atoms with Gasteiger partial charge in [-0.3, -0.25) is 29.0 Å². The van der Waals surface area contributed by atoms with Gasteiger partial charge in [0.2, 0.25) is 23.6 Å². The zero-order valence-electron chi connectivity index (χ0n) is 37.2. The highest BCUT2D eigenvalue weighted by Gasteiger charge is 2.62. The molecule has 9 rings (SSSR count). The number of hydrogen-bond acceptors (Lipinski definition) is 9. The first-order valence-electron chi connectivity index (χ1n) is 22.0. The molecule has 11 nitrogen and oxygen atoms in total. The van der Waals surface area contributed by atoms with Crippen LogP contribution in [-0.2, 0) is 25.6 Å². The van der Waals surface area contributed by atoms with Gasteiger partial charge in [-0.25, -0.2) is 0 Å². The highest BCUT2D eigenvalue weighted by Crippen LogP contribution is 2.59. The number of fused-ring (bicyclic) bond motifs is 4. The summed E-state index contributed by atoms with van der Waals surface area (Å²) in [6, 6.07) is 30.9. The molecule has 5 aromatic rings. The van der Waals surface area contributed by atoms with Crippen molar-refractivity contribution in [2.45, 2.75) is 25.2 Å². The first-order chi connectivity index (χ1) is 32.1. The maximum absolute atomic E-state index is 14.8. The predicted octanol–water partition coefficient (Wildman–Crippen LogP) is 9.54. The fourth-order valence-corrected chi connectivity index (χ4v) is 10.4. The standard InChI is InChI=1S/C55H50N2O9/c1-6-8-34-9-7-10-42(51(34)58)48-41-25-26-43-49(54(61)56(52(43)59)37-19-13-32(14-20-37)11-17-35-29-39(63-2)23-27-46(35)65-4)44(41)31-45-50(48)55(62)57(53(45)60)38-21-15-33(16-22-38)12-18-36-30-40(64-3)24-28-47(36)66-5/h6-7,9-25,27-30,43-45,48-50,58H,1,8,26,31H2,2-5H3. The molecule has 2 heterocycles.